The molecule has 0 amide bonds. The normalized spacial score (nSPS) is 11.2. The van der Waals surface area contributed by atoms with Gasteiger partial charge in [-0.05, 0) is 80.8 Å². The lowest BCUT2D eigenvalue weighted by molar-refractivity contribution is 1.29. The third-order valence-electron chi connectivity index (χ3n) is 5.98. The van der Waals surface area contributed by atoms with Gasteiger partial charge in [0.1, 0.15) is 0 Å². The van der Waals surface area contributed by atoms with Crippen molar-refractivity contribution in [1.82, 2.24) is 0 Å². The number of anilines is 3. The molecule has 0 saturated heterocycles. The largest absolute Gasteiger partial charge is 0.310 e. The summed E-state index contributed by atoms with van der Waals surface area (Å²) in [7, 11) is 0. The van der Waals surface area contributed by atoms with Gasteiger partial charge in [-0.2, -0.15) is 5.26 Å². The molecule has 0 heterocycles. The van der Waals surface area contributed by atoms with Crippen LogP contribution >= 0.6 is 0 Å². The van der Waals surface area contributed by atoms with Gasteiger partial charge < -0.3 is 4.90 Å². The predicted octanol–water partition coefficient (Wildman–Crippen LogP) is 7.93. The van der Waals surface area contributed by atoms with E-state index in [9.17, 15) is 5.26 Å². The van der Waals surface area contributed by atoms with Gasteiger partial charge in [0.05, 0.1) is 11.6 Å². The highest BCUT2D eigenvalue weighted by Gasteiger charge is 2.15. The highest BCUT2D eigenvalue weighted by Crippen LogP contribution is 2.41. The molecule has 0 fully saturated rings. The third kappa shape index (κ3) is 2.79. The number of benzene rings is 6. The molecule has 6 rings (SSSR count). The molecule has 0 N–H and O–H groups in total. The Morgan fingerprint density at radius 1 is 0.484 bits per heavy atom. The fourth-order valence-corrected chi connectivity index (χ4v) is 4.58. The summed E-state index contributed by atoms with van der Waals surface area (Å²) in [6.45, 7) is 0. The summed E-state index contributed by atoms with van der Waals surface area (Å²) in [6.07, 6.45) is 0. The highest BCUT2D eigenvalue weighted by molar-refractivity contribution is 6.23. The van der Waals surface area contributed by atoms with E-state index in [0.717, 1.165) is 17.1 Å². The molecular weight excluding hydrogens is 376 g/mol. The van der Waals surface area contributed by atoms with Gasteiger partial charge in [0, 0.05) is 17.1 Å². The monoisotopic (exact) mass is 394 g/mol. The minimum atomic E-state index is 0.660. The maximum Gasteiger partial charge on any atom is 0.0991 e. The van der Waals surface area contributed by atoms with Crippen LogP contribution in [0.15, 0.2) is 109 Å². The maximum atomic E-state index is 9.21. The zero-order chi connectivity index (χ0) is 20.8. The molecule has 0 spiro atoms. The number of hydrogen-bond donors (Lipinski definition) is 0. The van der Waals surface area contributed by atoms with Crippen molar-refractivity contribution < 1.29 is 0 Å². The van der Waals surface area contributed by atoms with Gasteiger partial charge >= 0.3 is 0 Å². The van der Waals surface area contributed by atoms with Crippen molar-refractivity contribution in [1.29, 1.82) is 5.26 Å². The first-order valence-corrected chi connectivity index (χ1v) is 10.3. The Labute approximate surface area is 180 Å². The number of rotatable bonds is 3. The first kappa shape index (κ1) is 17.5. The van der Waals surface area contributed by atoms with Crippen LogP contribution in [0.3, 0.4) is 0 Å². The minimum absolute atomic E-state index is 0.660. The standard InChI is InChI=1S/C29H18N2/c30-19-20-9-15-26(16-10-20)31(25-7-2-1-3-8-25)27-17-23-13-11-21-5-4-6-22-12-14-24(18-27)29(23)28(21)22/h1-18H. The Balaban J connectivity index is 1.63. The second-order valence-electron chi connectivity index (χ2n) is 7.81. The van der Waals surface area contributed by atoms with Crippen LogP contribution in [-0.4, -0.2) is 0 Å². The average molecular weight is 394 g/mol. The summed E-state index contributed by atoms with van der Waals surface area (Å²) < 4.78 is 0. The summed E-state index contributed by atoms with van der Waals surface area (Å²) >= 11 is 0. The molecule has 6 aromatic carbocycles. The van der Waals surface area contributed by atoms with Crippen LogP contribution in [0.1, 0.15) is 5.56 Å². The summed E-state index contributed by atoms with van der Waals surface area (Å²) in [4.78, 5) is 2.25. The molecule has 2 heteroatoms. The summed E-state index contributed by atoms with van der Waals surface area (Å²) in [5.74, 6) is 0. The molecule has 31 heavy (non-hydrogen) atoms. The van der Waals surface area contributed by atoms with Gasteiger partial charge in [0.15, 0.2) is 0 Å². The number of hydrogen-bond acceptors (Lipinski definition) is 2. The second kappa shape index (κ2) is 6.86. The van der Waals surface area contributed by atoms with E-state index in [4.69, 9.17) is 0 Å². The molecule has 0 aliphatic carbocycles. The quantitative estimate of drug-likeness (QED) is 0.285. The molecule has 144 valence electrons. The van der Waals surface area contributed by atoms with E-state index >= 15 is 0 Å². The van der Waals surface area contributed by atoms with Crippen LogP contribution in [-0.2, 0) is 0 Å². The molecule has 0 aromatic heterocycles. The van der Waals surface area contributed by atoms with Crippen LogP contribution in [0.4, 0.5) is 17.1 Å². The predicted molar refractivity (Wildman–Crippen MR) is 130 cm³/mol. The fraction of sp³-hybridized carbons (Fsp3) is 0. The van der Waals surface area contributed by atoms with Gasteiger partial charge in [-0.1, -0.05) is 60.7 Å². The fourth-order valence-electron chi connectivity index (χ4n) is 4.58. The lowest BCUT2D eigenvalue weighted by atomic mass is 9.93. The van der Waals surface area contributed by atoms with Crippen LogP contribution < -0.4 is 4.90 Å². The maximum absolute atomic E-state index is 9.21. The SMILES string of the molecule is N#Cc1ccc(N(c2ccccc2)c2cc3ccc4cccc5ccc(c2)c3c45)cc1. The number of para-hydroxylation sites is 1. The van der Waals surface area contributed by atoms with Crippen LogP contribution in [0, 0.1) is 11.3 Å². The average Bonchev–Trinajstić information content (AvgIpc) is 2.84. The van der Waals surface area contributed by atoms with E-state index in [1.54, 1.807) is 0 Å². The molecule has 0 atom stereocenters. The first-order chi connectivity index (χ1) is 15.3. The molecule has 0 saturated carbocycles. The minimum Gasteiger partial charge on any atom is -0.310 e. The van der Waals surface area contributed by atoms with Crippen LogP contribution in [0.5, 0.6) is 0 Å². The highest BCUT2D eigenvalue weighted by atomic mass is 15.1. The van der Waals surface area contributed by atoms with E-state index in [1.807, 2.05) is 30.3 Å². The Hall–Kier alpha value is -4.35. The molecule has 0 unspecified atom stereocenters. The van der Waals surface area contributed by atoms with E-state index in [0.29, 0.717) is 5.56 Å². The lowest BCUT2D eigenvalue weighted by Gasteiger charge is -2.26. The number of nitriles is 1. The Bertz CT molecular complexity index is 1510. The van der Waals surface area contributed by atoms with Gasteiger partial charge in [-0.25, -0.2) is 0 Å². The van der Waals surface area contributed by atoms with Crippen molar-refractivity contribution in [3.63, 3.8) is 0 Å². The van der Waals surface area contributed by atoms with Gasteiger partial charge in [0.2, 0.25) is 0 Å². The van der Waals surface area contributed by atoms with Crippen molar-refractivity contribution in [2.24, 2.45) is 0 Å². The van der Waals surface area contributed by atoms with Crippen molar-refractivity contribution in [3.8, 4) is 6.07 Å². The summed E-state index contributed by atoms with van der Waals surface area (Å²) in [5, 5.41) is 16.9. The van der Waals surface area contributed by atoms with E-state index in [2.05, 4.69) is 89.8 Å². The smallest absolute Gasteiger partial charge is 0.0991 e. The molecule has 0 aliphatic heterocycles. The zero-order valence-electron chi connectivity index (χ0n) is 16.8. The Morgan fingerprint density at radius 2 is 1.03 bits per heavy atom. The van der Waals surface area contributed by atoms with Crippen molar-refractivity contribution >= 4 is 49.4 Å². The number of nitrogens with zero attached hydrogens (tertiary/aromatic N) is 2. The molecule has 6 aromatic rings. The molecule has 0 bridgehead atoms. The molecular formula is C29H18N2. The van der Waals surface area contributed by atoms with Crippen LogP contribution in [0.25, 0.3) is 32.3 Å². The zero-order valence-corrected chi connectivity index (χ0v) is 16.8. The van der Waals surface area contributed by atoms with Gasteiger partial charge in [0.25, 0.3) is 0 Å². The van der Waals surface area contributed by atoms with Crippen molar-refractivity contribution in [2.45, 2.75) is 0 Å². The topological polar surface area (TPSA) is 27.0 Å². The first-order valence-electron chi connectivity index (χ1n) is 10.3. The van der Waals surface area contributed by atoms with Gasteiger partial charge in [-0.15, -0.1) is 0 Å². The third-order valence-corrected chi connectivity index (χ3v) is 5.98. The van der Waals surface area contributed by atoms with Crippen molar-refractivity contribution in [2.75, 3.05) is 4.90 Å². The van der Waals surface area contributed by atoms with E-state index < -0.39 is 0 Å². The molecule has 2 nitrogen and oxygen atoms in total. The summed E-state index contributed by atoms with van der Waals surface area (Å²) in [6, 6.07) is 40.2. The van der Waals surface area contributed by atoms with Crippen molar-refractivity contribution in [3.05, 3.63) is 115 Å². The van der Waals surface area contributed by atoms with E-state index in [1.165, 1.54) is 32.3 Å². The van der Waals surface area contributed by atoms with E-state index in [-0.39, 0.29) is 0 Å². The molecule has 0 aliphatic rings. The van der Waals surface area contributed by atoms with Gasteiger partial charge in [-0.3, -0.25) is 0 Å². The second-order valence-corrected chi connectivity index (χ2v) is 7.81. The Kier molecular flexibility index (Phi) is 3.88. The lowest BCUT2D eigenvalue weighted by Crippen LogP contribution is -2.10. The Morgan fingerprint density at radius 3 is 1.65 bits per heavy atom. The molecule has 0 radical (unpaired) electrons. The summed E-state index contributed by atoms with van der Waals surface area (Å²) in [5.41, 5.74) is 3.87. The van der Waals surface area contributed by atoms with Crippen LogP contribution in [0.2, 0.25) is 0 Å².